The lowest BCUT2D eigenvalue weighted by molar-refractivity contribution is 0.473. The second-order valence-electron chi connectivity index (χ2n) is 4.84. The molecule has 2 aromatic heterocycles. The molecule has 3 N–H and O–H groups in total. The van der Waals surface area contributed by atoms with Crippen LogP contribution in [0.4, 0.5) is 5.82 Å². The first-order valence-electron chi connectivity index (χ1n) is 6.81. The molecule has 0 fully saturated rings. The smallest absolute Gasteiger partial charge is 0.172 e. The number of benzene rings is 1. The summed E-state index contributed by atoms with van der Waals surface area (Å²) >= 11 is 6.00. The molecule has 0 amide bonds. The number of aromatic nitrogens is 4. The zero-order chi connectivity index (χ0) is 16.2. The van der Waals surface area contributed by atoms with Crippen molar-refractivity contribution in [2.75, 3.05) is 5.32 Å². The molecule has 0 saturated heterocycles. The van der Waals surface area contributed by atoms with Gasteiger partial charge in [-0.25, -0.2) is 0 Å². The number of nitriles is 1. The Labute approximate surface area is 137 Å². The van der Waals surface area contributed by atoms with Crippen LogP contribution in [0.2, 0.25) is 5.02 Å². The standard InChI is InChI=1S/C15H13ClN6O/c1-9-15(23-12-5-10(7-17)4-11(16)6-12)13(21-20-9)8-18-14-2-3-19-22-14/h2-6H,8H2,1H3,(H,20,21)(H2,18,19,22). The maximum absolute atomic E-state index is 9.01. The van der Waals surface area contributed by atoms with Crippen molar-refractivity contribution >= 4 is 17.4 Å². The monoisotopic (exact) mass is 328 g/mol. The average Bonchev–Trinajstić information content (AvgIpc) is 3.16. The normalized spacial score (nSPS) is 10.3. The number of anilines is 1. The van der Waals surface area contributed by atoms with Gasteiger partial charge < -0.3 is 10.1 Å². The second kappa shape index (κ2) is 6.42. The molecule has 0 spiro atoms. The predicted molar refractivity (Wildman–Crippen MR) is 85.5 cm³/mol. The predicted octanol–water partition coefficient (Wildman–Crippen LogP) is 3.37. The lowest BCUT2D eigenvalue weighted by Crippen LogP contribution is -2.02. The number of ether oxygens (including phenoxy) is 1. The summed E-state index contributed by atoms with van der Waals surface area (Å²) in [5, 5.41) is 26.4. The van der Waals surface area contributed by atoms with Gasteiger partial charge in [-0.2, -0.15) is 15.5 Å². The van der Waals surface area contributed by atoms with E-state index in [0.717, 1.165) is 11.5 Å². The van der Waals surface area contributed by atoms with Crippen molar-refractivity contribution in [3.8, 4) is 17.6 Å². The molecule has 1 aromatic carbocycles. The molecule has 0 aliphatic rings. The van der Waals surface area contributed by atoms with Gasteiger partial charge >= 0.3 is 0 Å². The molecule has 0 aliphatic carbocycles. The minimum absolute atomic E-state index is 0.436. The fourth-order valence-corrected chi connectivity index (χ4v) is 2.29. The molecule has 0 unspecified atom stereocenters. The molecule has 3 aromatic rings. The van der Waals surface area contributed by atoms with Gasteiger partial charge in [0.25, 0.3) is 0 Å². The molecule has 0 atom stereocenters. The van der Waals surface area contributed by atoms with E-state index in [1.54, 1.807) is 24.4 Å². The van der Waals surface area contributed by atoms with Crippen LogP contribution in [0.15, 0.2) is 30.5 Å². The quantitative estimate of drug-likeness (QED) is 0.666. The molecule has 0 radical (unpaired) electrons. The highest BCUT2D eigenvalue weighted by Gasteiger charge is 2.14. The van der Waals surface area contributed by atoms with E-state index in [9.17, 15) is 0 Å². The highest BCUT2D eigenvalue weighted by molar-refractivity contribution is 6.30. The highest BCUT2D eigenvalue weighted by Crippen LogP contribution is 2.30. The molecule has 0 aliphatic heterocycles. The van der Waals surface area contributed by atoms with E-state index in [-0.39, 0.29) is 0 Å². The summed E-state index contributed by atoms with van der Waals surface area (Å²) in [6.07, 6.45) is 1.66. The van der Waals surface area contributed by atoms with Crippen molar-refractivity contribution in [2.45, 2.75) is 13.5 Å². The highest BCUT2D eigenvalue weighted by atomic mass is 35.5. The summed E-state index contributed by atoms with van der Waals surface area (Å²) in [6, 6.07) is 8.73. The van der Waals surface area contributed by atoms with Gasteiger partial charge in [0.2, 0.25) is 0 Å². The van der Waals surface area contributed by atoms with Crippen LogP contribution in [0.1, 0.15) is 17.0 Å². The van der Waals surface area contributed by atoms with Crippen molar-refractivity contribution in [2.24, 2.45) is 0 Å². The molecule has 116 valence electrons. The first kappa shape index (κ1) is 14.9. The first-order chi connectivity index (χ1) is 11.2. The minimum Gasteiger partial charge on any atom is -0.453 e. The Morgan fingerprint density at radius 2 is 2.22 bits per heavy atom. The molecule has 23 heavy (non-hydrogen) atoms. The fraction of sp³-hybridized carbons (Fsp3) is 0.133. The van der Waals surface area contributed by atoms with Gasteiger partial charge in [-0.05, 0) is 31.2 Å². The summed E-state index contributed by atoms with van der Waals surface area (Å²) in [5.74, 6) is 1.87. The number of nitrogens with zero attached hydrogens (tertiary/aromatic N) is 3. The van der Waals surface area contributed by atoms with Gasteiger partial charge in [0, 0.05) is 5.02 Å². The fourth-order valence-electron chi connectivity index (χ4n) is 2.06. The van der Waals surface area contributed by atoms with Crippen molar-refractivity contribution in [1.29, 1.82) is 5.26 Å². The number of H-pyrrole nitrogens is 2. The number of rotatable bonds is 5. The van der Waals surface area contributed by atoms with Crippen molar-refractivity contribution in [3.05, 3.63) is 52.4 Å². The molecule has 0 saturated carbocycles. The van der Waals surface area contributed by atoms with Crippen molar-refractivity contribution in [1.82, 2.24) is 20.4 Å². The van der Waals surface area contributed by atoms with Crippen LogP contribution in [-0.4, -0.2) is 20.4 Å². The van der Waals surface area contributed by atoms with Gasteiger partial charge in [-0.15, -0.1) is 0 Å². The van der Waals surface area contributed by atoms with E-state index in [2.05, 4.69) is 25.7 Å². The largest absolute Gasteiger partial charge is 0.453 e. The molecule has 3 rings (SSSR count). The maximum Gasteiger partial charge on any atom is 0.172 e. The Balaban J connectivity index is 1.81. The van der Waals surface area contributed by atoms with Crippen LogP contribution in [0.25, 0.3) is 0 Å². The van der Waals surface area contributed by atoms with Crippen molar-refractivity contribution in [3.63, 3.8) is 0 Å². The summed E-state index contributed by atoms with van der Waals surface area (Å²) in [5.41, 5.74) is 1.92. The van der Waals surface area contributed by atoms with Crippen molar-refractivity contribution < 1.29 is 4.74 Å². The van der Waals surface area contributed by atoms with Gasteiger partial charge in [0.15, 0.2) is 5.75 Å². The summed E-state index contributed by atoms with van der Waals surface area (Å²) in [6.45, 7) is 2.31. The van der Waals surface area contributed by atoms with Gasteiger partial charge in [0.1, 0.15) is 17.3 Å². The lowest BCUT2D eigenvalue weighted by Gasteiger charge is -2.08. The van der Waals surface area contributed by atoms with Gasteiger partial charge in [-0.3, -0.25) is 10.2 Å². The maximum atomic E-state index is 9.01. The van der Waals surface area contributed by atoms with Crippen LogP contribution in [0.5, 0.6) is 11.5 Å². The minimum atomic E-state index is 0.436. The van der Waals surface area contributed by atoms with Gasteiger partial charge in [-0.1, -0.05) is 11.6 Å². The summed E-state index contributed by atoms with van der Waals surface area (Å²) in [4.78, 5) is 0. The Bertz CT molecular complexity index is 849. The molecule has 7 nitrogen and oxygen atoms in total. The third kappa shape index (κ3) is 3.44. The molecule has 0 bridgehead atoms. The van der Waals surface area contributed by atoms with Crippen LogP contribution < -0.4 is 10.1 Å². The van der Waals surface area contributed by atoms with E-state index < -0.39 is 0 Å². The molecular weight excluding hydrogens is 316 g/mol. The number of hydrogen-bond acceptors (Lipinski definition) is 5. The number of aryl methyl sites for hydroxylation is 1. The van der Waals surface area contributed by atoms with E-state index in [4.69, 9.17) is 21.6 Å². The molecular formula is C15H13ClN6O. The number of hydrogen-bond donors (Lipinski definition) is 3. The van der Waals surface area contributed by atoms with Crippen LogP contribution in [-0.2, 0) is 6.54 Å². The zero-order valence-corrected chi connectivity index (χ0v) is 13.0. The Hall–Kier alpha value is -2.98. The van der Waals surface area contributed by atoms with Gasteiger partial charge in [0.05, 0.1) is 30.1 Å². The topological polar surface area (TPSA) is 102 Å². The summed E-state index contributed by atoms with van der Waals surface area (Å²) in [7, 11) is 0. The Kier molecular flexibility index (Phi) is 4.17. The number of nitrogens with one attached hydrogen (secondary N) is 3. The van der Waals surface area contributed by atoms with Crippen LogP contribution in [0.3, 0.4) is 0 Å². The second-order valence-corrected chi connectivity index (χ2v) is 5.27. The third-order valence-corrected chi connectivity index (χ3v) is 3.35. The number of aromatic amines is 2. The Morgan fingerprint density at radius 3 is 2.96 bits per heavy atom. The summed E-state index contributed by atoms with van der Waals surface area (Å²) < 4.78 is 5.88. The molecule has 2 heterocycles. The van der Waals surface area contributed by atoms with Crippen LogP contribution >= 0.6 is 11.6 Å². The van der Waals surface area contributed by atoms with E-state index in [1.165, 1.54) is 0 Å². The SMILES string of the molecule is Cc1[nH]nc(CNc2ccn[nH]2)c1Oc1cc(Cl)cc(C#N)c1. The van der Waals surface area contributed by atoms with E-state index in [1.807, 2.05) is 19.1 Å². The zero-order valence-electron chi connectivity index (χ0n) is 12.2. The number of halogens is 1. The average molecular weight is 329 g/mol. The van der Waals surface area contributed by atoms with E-state index >= 15 is 0 Å². The first-order valence-corrected chi connectivity index (χ1v) is 7.19. The lowest BCUT2D eigenvalue weighted by atomic mass is 10.2. The molecule has 8 heteroatoms. The Morgan fingerprint density at radius 1 is 1.35 bits per heavy atom. The van der Waals surface area contributed by atoms with E-state index in [0.29, 0.717) is 34.3 Å². The third-order valence-electron chi connectivity index (χ3n) is 3.13. The van der Waals surface area contributed by atoms with Crippen LogP contribution in [0, 0.1) is 18.3 Å².